The lowest BCUT2D eigenvalue weighted by Crippen LogP contribution is -2.48. The molecule has 7 nitrogen and oxygen atoms in total. The Hall–Kier alpha value is -0.290. The lowest BCUT2D eigenvalue weighted by Gasteiger charge is -2.43. The van der Waals surface area contributed by atoms with E-state index in [1.165, 1.54) is 4.90 Å². The number of hydrogen-bond donors (Lipinski definition) is 0. The zero-order chi connectivity index (χ0) is 18.6. The van der Waals surface area contributed by atoms with Crippen molar-refractivity contribution in [3.05, 3.63) is 0 Å². The molecule has 3 saturated heterocycles. The Kier molecular flexibility index (Phi) is 6.93. The summed E-state index contributed by atoms with van der Waals surface area (Å²) in [5, 5.41) is 0. The Morgan fingerprint density at radius 1 is 0.769 bits per heavy atom. The average molecular weight is 416 g/mol. The first-order chi connectivity index (χ1) is 12.4. The van der Waals surface area contributed by atoms with Gasteiger partial charge in [0.2, 0.25) is 5.84 Å². The quantitative estimate of drug-likeness (QED) is 0.389. The van der Waals surface area contributed by atoms with Crippen molar-refractivity contribution in [3.8, 4) is 0 Å². The average Bonchev–Trinajstić information content (AvgIpc) is 2.67. The van der Waals surface area contributed by atoms with Crippen LogP contribution >= 0.6 is 6.49 Å². The fourth-order valence-corrected chi connectivity index (χ4v) is 6.81. The van der Waals surface area contributed by atoms with Crippen LogP contribution in [-0.2, 0) is 26.0 Å². The highest BCUT2D eigenvalue weighted by Gasteiger charge is 2.44. The molecule has 12 heteroatoms. The topological polar surface area (TPSA) is 49.8 Å². The zero-order valence-corrected chi connectivity index (χ0v) is 16.2. The number of ether oxygens (including phenoxy) is 3. The maximum atomic E-state index is 13.8. The van der Waals surface area contributed by atoms with Crippen LogP contribution in [0.3, 0.4) is 0 Å². The van der Waals surface area contributed by atoms with E-state index < -0.39 is 18.5 Å². The molecule has 3 aliphatic heterocycles. The van der Waals surface area contributed by atoms with Gasteiger partial charge in [-0.15, -0.1) is 0 Å². The van der Waals surface area contributed by atoms with Crippen molar-refractivity contribution in [2.75, 3.05) is 78.9 Å². The van der Waals surface area contributed by atoms with Gasteiger partial charge in [0.1, 0.15) is 0 Å². The Labute approximate surface area is 156 Å². The first-order valence-electron chi connectivity index (χ1n) is 8.68. The Morgan fingerprint density at radius 3 is 1.54 bits per heavy atom. The summed E-state index contributed by atoms with van der Waals surface area (Å²) in [6.45, 7) is 1.68. The van der Waals surface area contributed by atoms with Gasteiger partial charge in [0.05, 0.1) is 39.6 Å². The molecule has 26 heavy (non-hydrogen) atoms. The second-order valence-electron chi connectivity index (χ2n) is 6.17. The molecular weight excluding hydrogens is 392 g/mol. The summed E-state index contributed by atoms with van der Waals surface area (Å²) in [6, 6.07) is 0. The molecule has 3 fully saturated rings. The summed E-state index contributed by atoms with van der Waals surface area (Å²) in [5.41, 5.74) is 0. The van der Waals surface area contributed by atoms with E-state index in [1.54, 1.807) is 0 Å². The van der Waals surface area contributed by atoms with Crippen LogP contribution in [0, 0.1) is 0 Å². The molecule has 0 aromatic carbocycles. The first-order valence-corrected chi connectivity index (χ1v) is 11.3. The van der Waals surface area contributed by atoms with Crippen LogP contribution in [0.25, 0.3) is 0 Å². The lowest BCUT2D eigenvalue weighted by molar-refractivity contribution is -0.0730. The van der Waals surface area contributed by atoms with E-state index in [0.717, 1.165) is 0 Å². The summed E-state index contributed by atoms with van der Waals surface area (Å²) < 4.78 is 65.5. The molecule has 3 heterocycles. The van der Waals surface area contributed by atoms with E-state index in [9.17, 15) is 13.2 Å². The van der Waals surface area contributed by atoms with Gasteiger partial charge in [-0.1, -0.05) is 0 Å². The van der Waals surface area contributed by atoms with Crippen molar-refractivity contribution in [2.24, 2.45) is 4.76 Å². The van der Waals surface area contributed by atoms with Gasteiger partial charge in [0, 0.05) is 39.3 Å². The maximum Gasteiger partial charge on any atom is 0.449 e. The fourth-order valence-electron chi connectivity index (χ4n) is 3.13. The molecule has 3 aliphatic rings. The largest absolute Gasteiger partial charge is 0.449 e. The van der Waals surface area contributed by atoms with E-state index in [2.05, 4.69) is 4.76 Å². The van der Waals surface area contributed by atoms with E-state index in [-0.39, 0.29) is 26.3 Å². The third-order valence-electron chi connectivity index (χ3n) is 4.50. The smallest absolute Gasteiger partial charge is 0.379 e. The summed E-state index contributed by atoms with van der Waals surface area (Å²) in [4.78, 5) is 1.26. The third kappa shape index (κ3) is 4.76. The first kappa shape index (κ1) is 20.4. The van der Waals surface area contributed by atoms with E-state index in [1.807, 2.05) is 9.34 Å². The maximum absolute atomic E-state index is 13.8. The monoisotopic (exact) mass is 416 g/mol. The Balaban J connectivity index is 1.96. The number of halogens is 3. The molecule has 0 atom stereocenters. The molecule has 0 aromatic rings. The predicted molar refractivity (Wildman–Crippen MR) is 95.0 cm³/mol. The van der Waals surface area contributed by atoms with Crippen molar-refractivity contribution in [1.82, 2.24) is 14.2 Å². The predicted octanol–water partition coefficient (Wildman–Crippen LogP) is 1.17. The Morgan fingerprint density at radius 2 is 1.15 bits per heavy atom. The molecule has 0 amide bonds. The molecule has 0 radical (unpaired) electrons. The normalized spacial score (nSPS) is 25.5. The Bertz CT molecular complexity index is 526. The van der Waals surface area contributed by atoms with Crippen LogP contribution in [0.15, 0.2) is 4.76 Å². The number of amidine groups is 1. The van der Waals surface area contributed by atoms with Crippen molar-refractivity contribution in [1.29, 1.82) is 0 Å². The highest BCUT2D eigenvalue weighted by molar-refractivity contribution is 8.11. The zero-order valence-electron chi connectivity index (χ0n) is 14.5. The number of alkyl halides is 3. The minimum Gasteiger partial charge on any atom is -0.379 e. The van der Waals surface area contributed by atoms with Crippen LogP contribution < -0.4 is 0 Å². The minimum absolute atomic E-state index is 0.167. The van der Waals surface area contributed by atoms with Crippen LogP contribution in [0.1, 0.15) is 0 Å². The molecular formula is C14H24F3N4O3PS. The van der Waals surface area contributed by atoms with E-state index >= 15 is 0 Å². The lowest BCUT2D eigenvalue weighted by atomic mass is 10.4. The SMILES string of the molecule is FC(F)(F)/C(=N\P(=S)(N1CCOCC1)N1CCOCC1)N1CCOCC1. The molecule has 0 N–H and O–H groups in total. The molecule has 0 spiro atoms. The van der Waals surface area contributed by atoms with Gasteiger partial charge >= 0.3 is 6.18 Å². The number of rotatable bonds is 3. The van der Waals surface area contributed by atoms with Gasteiger partial charge in [0.25, 0.3) is 0 Å². The van der Waals surface area contributed by atoms with Crippen molar-refractivity contribution < 1.29 is 27.4 Å². The van der Waals surface area contributed by atoms with Gasteiger partial charge in [-0.05, 0) is 11.8 Å². The molecule has 0 bridgehead atoms. The van der Waals surface area contributed by atoms with Gasteiger partial charge in [-0.25, -0.2) is 14.1 Å². The van der Waals surface area contributed by atoms with Gasteiger partial charge in [-0.2, -0.15) is 13.2 Å². The summed E-state index contributed by atoms with van der Waals surface area (Å²) in [5.74, 6) is -0.873. The number of nitrogens with zero attached hydrogens (tertiary/aromatic N) is 4. The minimum atomic E-state index is -4.56. The summed E-state index contributed by atoms with van der Waals surface area (Å²) in [6.07, 6.45) is -4.56. The van der Waals surface area contributed by atoms with Crippen LogP contribution in [0.5, 0.6) is 0 Å². The second-order valence-corrected chi connectivity index (χ2v) is 9.99. The molecule has 0 aromatic heterocycles. The molecule has 0 saturated carbocycles. The van der Waals surface area contributed by atoms with Crippen LogP contribution in [0.4, 0.5) is 13.2 Å². The number of morpholine rings is 3. The van der Waals surface area contributed by atoms with Gasteiger partial charge < -0.3 is 19.1 Å². The molecule has 0 unspecified atom stereocenters. The number of hydrogen-bond acceptors (Lipinski definition) is 4. The third-order valence-corrected chi connectivity index (χ3v) is 8.86. The van der Waals surface area contributed by atoms with Gasteiger partial charge in [0.15, 0.2) is 6.49 Å². The second kappa shape index (κ2) is 8.81. The van der Waals surface area contributed by atoms with Crippen molar-refractivity contribution in [2.45, 2.75) is 6.18 Å². The highest BCUT2D eigenvalue weighted by atomic mass is 32.4. The van der Waals surface area contributed by atoms with E-state index in [4.69, 9.17) is 26.0 Å². The molecule has 0 aliphatic carbocycles. The van der Waals surface area contributed by atoms with Crippen LogP contribution in [-0.4, -0.2) is 105 Å². The highest BCUT2D eigenvalue weighted by Crippen LogP contribution is 2.56. The van der Waals surface area contributed by atoms with Crippen LogP contribution in [0.2, 0.25) is 0 Å². The van der Waals surface area contributed by atoms with Crippen molar-refractivity contribution in [3.63, 3.8) is 0 Å². The van der Waals surface area contributed by atoms with E-state index in [0.29, 0.717) is 52.6 Å². The van der Waals surface area contributed by atoms with Gasteiger partial charge in [-0.3, -0.25) is 0 Å². The molecule has 150 valence electrons. The summed E-state index contributed by atoms with van der Waals surface area (Å²) >= 11 is 5.86. The standard InChI is InChI=1S/C14H24F3N4O3PS/c15-14(16,17)13(19-1-7-22-8-2-19)18-25(26,20-3-9-23-10-4-20)21-5-11-24-12-6-21/h1-12H2/b18-13+. The summed E-state index contributed by atoms with van der Waals surface area (Å²) in [7, 11) is 0. The fraction of sp³-hybridized carbons (Fsp3) is 0.929. The molecule has 3 rings (SSSR count). The van der Waals surface area contributed by atoms with Crippen molar-refractivity contribution >= 4 is 24.1 Å².